The standard InChI is InChI=1S/C18H30BrNO/c1-5-13-20-17(18(6-2,7-3)21-8-4)14-15-11-9-10-12-16(15)19/h9-12,17,20H,5-8,13-14H2,1-4H3. The summed E-state index contributed by atoms with van der Waals surface area (Å²) in [5.74, 6) is 0. The molecule has 0 aliphatic carbocycles. The van der Waals surface area contributed by atoms with Crippen LogP contribution >= 0.6 is 15.9 Å². The van der Waals surface area contributed by atoms with Gasteiger partial charge in [-0.1, -0.05) is 54.9 Å². The Morgan fingerprint density at radius 2 is 1.81 bits per heavy atom. The van der Waals surface area contributed by atoms with Gasteiger partial charge in [0, 0.05) is 17.1 Å². The zero-order valence-electron chi connectivity index (χ0n) is 13.9. The van der Waals surface area contributed by atoms with Gasteiger partial charge in [-0.3, -0.25) is 0 Å². The average Bonchev–Trinajstić information content (AvgIpc) is 2.51. The number of ether oxygens (including phenoxy) is 1. The van der Waals surface area contributed by atoms with Gasteiger partial charge in [-0.25, -0.2) is 0 Å². The molecule has 1 aromatic rings. The number of hydrogen-bond donors (Lipinski definition) is 1. The van der Waals surface area contributed by atoms with Crippen LogP contribution in [0.1, 0.15) is 52.5 Å². The molecule has 0 spiro atoms. The number of hydrogen-bond acceptors (Lipinski definition) is 2. The summed E-state index contributed by atoms with van der Waals surface area (Å²) in [6, 6.07) is 8.83. The second kappa shape index (κ2) is 9.60. The summed E-state index contributed by atoms with van der Waals surface area (Å²) in [5.41, 5.74) is 1.26. The van der Waals surface area contributed by atoms with Crippen LogP contribution in [-0.4, -0.2) is 24.8 Å². The largest absolute Gasteiger partial charge is 0.374 e. The highest BCUT2D eigenvalue weighted by atomic mass is 79.9. The molecule has 0 saturated heterocycles. The Hall–Kier alpha value is -0.380. The van der Waals surface area contributed by atoms with E-state index in [1.165, 1.54) is 10.0 Å². The van der Waals surface area contributed by atoms with Gasteiger partial charge in [0.05, 0.1) is 5.60 Å². The Morgan fingerprint density at radius 3 is 2.33 bits per heavy atom. The first-order valence-corrected chi connectivity index (χ1v) is 9.03. The van der Waals surface area contributed by atoms with E-state index in [0.717, 1.165) is 38.8 Å². The molecule has 0 amide bonds. The van der Waals surface area contributed by atoms with Gasteiger partial charge in [0.25, 0.3) is 0 Å². The number of halogens is 1. The SMILES string of the molecule is CCCNC(Cc1ccccc1Br)C(CC)(CC)OCC. The molecule has 21 heavy (non-hydrogen) atoms. The lowest BCUT2D eigenvalue weighted by Gasteiger charge is -2.40. The van der Waals surface area contributed by atoms with Gasteiger partial charge in [0.1, 0.15) is 0 Å². The number of nitrogens with one attached hydrogen (secondary N) is 1. The predicted molar refractivity (Wildman–Crippen MR) is 94.9 cm³/mol. The molecule has 1 atom stereocenters. The molecule has 0 radical (unpaired) electrons. The highest BCUT2D eigenvalue weighted by Crippen LogP contribution is 2.29. The smallest absolute Gasteiger partial charge is 0.0832 e. The number of benzene rings is 1. The molecule has 0 fully saturated rings. The maximum atomic E-state index is 6.22. The monoisotopic (exact) mass is 355 g/mol. The van der Waals surface area contributed by atoms with Crippen LogP contribution in [0.2, 0.25) is 0 Å². The quantitative estimate of drug-likeness (QED) is 0.640. The first kappa shape index (κ1) is 18.7. The van der Waals surface area contributed by atoms with Crippen molar-refractivity contribution in [3.8, 4) is 0 Å². The Kier molecular flexibility index (Phi) is 8.53. The van der Waals surface area contributed by atoms with Crippen LogP contribution in [-0.2, 0) is 11.2 Å². The molecule has 0 heterocycles. The summed E-state index contributed by atoms with van der Waals surface area (Å²) in [6.07, 6.45) is 4.19. The minimum atomic E-state index is -0.0841. The summed E-state index contributed by atoms with van der Waals surface area (Å²) < 4.78 is 7.41. The van der Waals surface area contributed by atoms with Crippen molar-refractivity contribution in [3.63, 3.8) is 0 Å². The summed E-state index contributed by atoms with van der Waals surface area (Å²) in [6.45, 7) is 10.6. The molecule has 2 nitrogen and oxygen atoms in total. The van der Waals surface area contributed by atoms with Crippen LogP contribution in [0.4, 0.5) is 0 Å². The van der Waals surface area contributed by atoms with E-state index in [0.29, 0.717) is 6.04 Å². The van der Waals surface area contributed by atoms with Crippen LogP contribution in [0.3, 0.4) is 0 Å². The number of rotatable bonds is 10. The second-order valence-electron chi connectivity index (χ2n) is 5.51. The van der Waals surface area contributed by atoms with E-state index in [4.69, 9.17) is 4.74 Å². The normalized spacial score (nSPS) is 13.4. The zero-order valence-corrected chi connectivity index (χ0v) is 15.5. The first-order valence-electron chi connectivity index (χ1n) is 8.24. The summed E-state index contributed by atoms with van der Waals surface area (Å²) in [7, 11) is 0. The Labute approximate surface area is 138 Å². The molecule has 1 N–H and O–H groups in total. The Bertz CT molecular complexity index is 404. The maximum absolute atomic E-state index is 6.22. The van der Waals surface area contributed by atoms with Crippen molar-refractivity contribution in [2.75, 3.05) is 13.2 Å². The van der Waals surface area contributed by atoms with Crippen LogP contribution < -0.4 is 5.32 Å². The third-order valence-corrected chi connectivity index (χ3v) is 5.06. The second-order valence-corrected chi connectivity index (χ2v) is 6.36. The molecule has 0 saturated carbocycles. The highest BCUT2D eigenvalue weighted by Gasteiger charge is 2.36. The molecule has 1 aromatic carbocycles. The molecule has 120 valence electrons. The molecule has 0 aliphatic rings. The third-order valence-electron chi connectivity index (χ3n) is 4.29. The lowest BCUT2D eigenvalue weighted by atomic mass is 9.84. The summed E-state index contributed by atoms with van der Waals surface area (Å²) in [5, 5.41) is 3.73. The van der Waals surface area contributed by atoms with Gasteiger partial charge in [-0.05, 0) is 50.8 Å². The zero-order chi connectivity index (χ0) is 15.7. The lowest BCUT2D eigenvalue weighted by molar-refractivity contribution is -0.0718. The van der Waals surface area contributed by atoms with Crippen molar-refractivity contribution in [1.29, 1.82) is 0 Å². The average molecular weight is 356 g/mol. The van der Waals surface area contributed by atoms with Crippen LogP contribution in [0.25, 0.3) is 0 Å². The van der Waals surface area contributed by atoms with Crippen molar-refractivity contribution in [2.24, 2.45) is 0 Å². The maximum Gasteiger partial charge on any atom is 0.0832 e. The van der Waals surface area contributed by atoms with Crippen LogP contribution in [0.5, 0.6) is 0 Å². The van der Waals surface area contributed by atoms with Crippen LogP contribution in [0.15, 0.2) is 28.7 Å². The van der Waals surface area contributed by atoms with E-state index in [1.54, 1.807) is 0 Å². The van der Waals surface area contributed by atoms with E-state index >= 15 is 0 Å². The first-order chi connectivity index (χ1) is 10.1. The lowest BCUT2D eigenvalue weighted by Crippen LogP contribution is -2.53. The molecule has 3 heteroatoms. The minimum absolute atomic E-state index is 0.0841. The van der Waals surface area contributed by atoms with E-state index in [2.05, 4.69) is 73.2 Å². The van der Waals surface area contributed by atoms with E-state index < -0.39 is 0 Å². The van der Waals surface area contributed by atoms with Gasteiger partial charge >= 0.3 is 0 Å². The predicted octanol–water partition coefficient (Wildman–Crippen LogP) is 4.96. The molecule has 1 unspecified atom stereocenters. The van der Waals surface area contributed by atoms with Crippen molar-refractivity contribution in [3.05, 3.63) is 34.3 Å². The molecule has 0 aromatic heterocycles. The van der Waals surface area contributed by atoms with Crippen molar-refractivity contribution < 1.29 is 4.74 Å². The fourth-order valence-corrected chi connectivity index (χ4v) is 3.43. The van der Waals surface area contributed by atoms with Gasteiger partial charge in [-0.15, -0.1) is 0 Å². The van der Waals surface area contributed by atoms with Gasteiger partial charge in [0.15, 0.2) is 0 Å². The fourth-order valence-electron chi connectivity index (χ4n) is 2.98. The van der Waals surface area contributed by atoms with Crippen molar-refractivity contribution in [1.82, 2.24) is 5.32 Å². The van der Waals surface area contributed by atoms with Gasteiger partial charge < -0.3 is 10.1 Å². The topological polar surface area (TPSA) is 21.3 Å². The Balaban J connectivity index is 3.00. The molecule has 1 rings (SSSR count). The minimum Gasteiger partial charge on any atom is -0.374 e. The van der Waals surface area contributed by atoms with E-state index in [9.17, 15) is 0 Å². The van der Waals surface area contributed by atoms with E-state index in [-0.39, 0.29) is 5.60 Å². The fraction of sp³-hybridized carbons (Fsp3) is 0.667. The highest BCUT2D eigenvalue weighted by molar-refractivity contribution is 9.10. The summed E-state index contributed by atoms with van der Waals surface area (Å²) in [4.78, 5) is 0. The molecular formula is C18H30BrNO. The molecular weight excluding hydrogens is 326 g/mol. The van der Waals surface area contributed by atoms with Crippen molar-refractivity contribution >= 4 is 15.9 Å². The van der Waals surface area contributed by atoms with Crippen LogP contribution in [0, 0.1) is 0 Å². The van der Waals surface area contributed by atoms with Crippen molar-refractivity contribution in [2.45, 2.75) is 65.0 Å². The van der Waals surface area contributed by atoms with Gasteiger partial charge in [-0.2, -0.15) is 0 Å². The molecule has 0 bridgehead atoms. The van der Waals surface area contributed by atoms with Gasteiger partial charge in [0.2, 0.25) is 0 Å². The summed E-state index contributed by atoms with van der Waals surface area (Å²) >= 11 is 3.67. The third kappa shape index (κ3) is 5.08. The van der Waals surface area contributed by atoms with E-state index in [1.807, 2.05) is 0 Å². The molecule has 0 aliphatic heterocycles. The Morgan fingerprint density at radius 1 is 1.14 bits per heavy atom.